The van der Waals surface area contributed by atoms with E-state index in [0.29, 0.717) is 23.7 Å². The summed E-state index contributed by atoms with van der Waals surface area (Å²) in [6.45, 7) is 5.83. The summed E-state index contributed by atoms with van der Waals surface area (Å²) < 4.78 is 5.28. The average molecular weight is 281 g/mol. The van der Waals surface area contributed by atoms with Gasteiger partial charge in [-0.05, 0) is 20.8 Å². The molecule has 0 bridgehead atoms. The van der Waals surface area contributed by atoms with E-state index in [2.05, 4.69) is 4.98 Å². The van der Waals surface area contributed by atoms with Crippen LogP contribution in [0.5, 0.6) is 0 Å². The Bertz CT molecular complexity index is 515. The van der Waals surface area contributed by atoms with Crippen molar-refractivity contribution < 1.29 is 14.4 Å². The van der Waals surface area contributed by atoms with Crippen molar-refractivity contribution in [1.82, 2.24) is 10.0 Å². The highest BCUT2D eigenvalue weighted by Crippen LogP contribution is 2.32. The molecule has 19 heavy (non-hydrogen) atoms. The SMILES string of the molecule is CC(C)(C)OC(=O)N1OCC[C@H]1c1csc(C#N)n1. The largest absolute Gasteiger partial charge is 0.442 e. The molecule has 7 heteroatoms. The summed E-state index contributed by atoms with van der Waals surface area (Å²) in [6.07, 6.45) is 0.120. The summed E-state index contributed by atoms with van der Waals surface area (Å²) in [6, 6.07) is 1.70. The smallest absolute Gasteiger partial charge is 0.435 e. The molecule has 0 radical (unpaired) electrons. The summed E-state index contributed by atoms with van der Waals surface area (Å²) in [5.74, 6) is 0. The second-order valence-corrected chi connectivity index (χ2v) is 5.99. The minimum atomic E-state index is -0.576. The van der Waals surface area contributed by atoms with Gasteiger partial charge in [-0.3, -0.25) is 4.84 Å². The quantitative estimate of drug-likeness (QED) is 0.791. The predicted octanol–water partition coefficient (Wildman–Crippen LogP) is 2.63. The maximum atomic E-state index is 12.0. The molecular formula is C12H15N3O3S. The summed E-state index contributed by atoms with van der Waals surface area (Å²) in [5, 5.41) is 12.1. The van der Waals surface area contributed by atoms with Gasteiger partial charge in [0.05, 0.1) is 12.3 Å². The van der Waals surface area contributed by atoms with Crippen molar-refractivity contribution in [2.75, 3.05) is 6.61 Å². The fourth-order valence-corrected chi connectivity index (χ4v) is 2.37. The Morgan fingerprint density at radius 2 is 2.42 bits per heavy atom. The fourth-order valence-electron chi connectivity index (χ4n) is 1.72. The normalized spacial score (nSPS) is 19.3. The second kappa shape index (κ2) is 5.15. The summed E-state index contributed by atoms with van der Waals surface area (Å²) in [4.78, 5) is 21.5. The minimum absolute atomic E-state index is 0.284. The molecule has 1 aromatic rings. The van der Waals surface area contributed by atoms with Gasteiger partial charge in [0.1, 0.15) is 17.7 Å². The number of hydrogen-bond donors (Lipinski definition) is 0. The van der Waals surface area contributed by atoms with Crippen LogP contribution in [-0.2, 0) is 9.57 Å². The topological polar surface area (TPSA) is 75.4 Å². The lowest BCUT2D eigenvalue weighted by molar-refractivity contribution is -0.125. The van der Waals surface area contributed by atoms with Gasteiger partial charge in [0.15, 0.2) is 5.01 Å². The molecule has 1 aliphatic heterocycles. The highest BCUT2D eigenvalue weighted by atomic mass is 32.1. The van der Waals surface area contributed by atoms with Gasteiger partial charge in [0.2, 0.25) is 0 Å². The highest BCUT2D eigenvalue weighted by molar-refractivity contribution is 7.10. The van der Waals surface area contributed by atoms with Gasteiger partial charge in [0, 0.05) is 11.8 Å². The van der Waals surface area contributed by atoms with Gasteiger partial charge in [0.25, 0.3) is 0 Å². The summed E-state index contributed by atoms with van der Waals surface area (Å²) in [7, 11) is 0. The number of amides is 1. The van der Waals surface area contributed by atoms with Gasteiger partial charge >= 0.3 is 6.09 Å². The Kier molecular flexibility index (Phi) is 3.73. The van der Waals surface area contributed by atoms with Crippen molar-refractivity contribution in [3.05, 3.63) is 16.1 Å². The third-order valence-corrected chi connectivity index (χ3v) is 3.20. The molecule has 6 nitrogen and oxygen atoms in total. The Hall–Kier alpha value is -1.65. The lowest BCUT2D eigenvalue weighted by Crippen LogP contribution is -2.35. The van der Waals surface area contributed by atoms with E-state index in [9.17, 15) is 4.79 Å². The number of aromatic nitrogens is 1. The molecule has 0 spiro atoms. The lowest BCUT2D eigenvalue weighted by Gasteiger charge is -2.26. The first-order valence-corrected chi connectivity index (χ1v) is 6.79. The van der Waals surface area contributed by atoms with Crippen molar-refractivity contribution in [2.45, 2.75) is 38.8 Å². The van der Waals surface area contributed by atoms with E-state index in [4.69, 9.17) is 14.8 Å². The molecule has 0 aromatic carbocycles. The van der Waals surface area contributed by atoms with Crippen LogP contribution in [0.3, 0.4) is 0 Å². The molecule has 1 atom stereocenters. The molecule has 0 saturated carbocycles. The van der Waals surface area contributed by atoms with Crippen molar-refractivity contribution >= 4 is 17.4 Å². The van der Waals surface area contributed by atoms with Gasteiger partial charge in [-0.2, -0.15) is 10.3 Å². The molecule has 1 aromatic heterocycles. The molecule has 2 rings (SSSR count). The van der Waals surface area contributed by atoms with Crippen LogP contribution in [0.2, 0.25) is 0 Å². The molecule has 102 valence electrons. The second-order valence-electron chi connectivity index (χ2n) is 5.13. The van der Waals surface area contributed by atoms with Crippen molar-refractivity contribution in [3.8, 4) is 6.07 Å². The lowest BCUT2D eigenvalue weighted by atomic mass is 10.2. The number of carbonyl (C=O) groups excluding carboxylic acids is 1. The van der Waals surface area contributed by atoms with Gasteiger partial charge in [-0.1, -0.05) is 0 Å². The van der Waals surface area contributed by atoms with E-state index in [1.807, 2.05) is 6.07 Å². The first-order valence-electron chi connectivity index (χ1n) is 5.91. The standard InChI is InChI=1S/C12H15N3O3S/c1-12(2,3)18-11(16)15-9(4-5-17-15)8-7-19-10(6-13)14-8/h7,9H,4-5H2,1-3H3/t9-/m0/s1. The first kappa shape index (κ1) is 13.8. The van der Waals surface area contributed by atoms with Crippen molar-refractivity contribution in [2.24, 2.45) is 0 Å². The zero-order valence-corrected chi connectivity index (χ0v) is 11.9. The maximum absolute atomic E-state index is 12.0. The molecule has 1 saturated heterocycles. The first-order chi connectivity index (χ1) is 8.90. The molecule has 1 amide bonds. The van der Waals surface area contributed by atoms with Crippen molar-refractivity contribution in [1.29, 1.82) is 5.26 Å². The van der Waals surface area contributed by atoms with E-state index in [-0.39, 0.29) is 6.04 Å². The Morgan fingerprint density at radius 3 is 3.00 bits per heavy atom. The molecule has 1 aliphatic rings. The third-order valence-electron chi connectivity index (χ3n) is 2.44. The molecule has 1 fully saturated rings. The predicted molar refractivity (Wildman–Crippen MR) is 68.2 cm³/mol. The summed E-state index contributed by atoms with van der Waals surface area (Å²) >= 11 is 1.26. The van der Waals surface area contributed by atoms with E-state index < -0.39 is 11.7 Å². The van der Waals surface area contributed by atoms with Crippen LogP contribution in [0.4, 0.5) is 4.79 Å². The maximum Gasteiger partial charge on any atom is 0.435 e. The minimum Gasteiger partial charge on any atom is -0.442 e. The van der Waals surface area contributed by atoms with Gasteiger partial charge in [-0.15, -0.1) is 11.3 Å². The van der Waals surface area contributed by atoms with Gasteiger partial charge < -0.3 is 4.74 Å². The van der Waals surface area contributed by atoms with Crippen LogP contribution in [0, 0.1) is 11.3 Å². The molecule has 0 aliphatic carbocycles. The van der Waals surface area contributed by atoms with Crippen LogP contribution in [0.25, 0.3) is 0 Å². The van der Waals surface area contributed by atoms with E-state index in [0.717, 1.165) is 0 Å². The van der Waals surface area contributed by atoms with Crippen molar-refractivity contribution in [3.63, 3.8) is 0 Å². The Balaban J connectivity index is 2.13. The van der Waals surface area contributed by atoms with E-state index in [1.54, 1.807) is 26.2 Å². The molecular weight excluding hydrogens is 266 g/mol. The van der Waals surface area contributed by atoms with Crippen LogP contribution < -0.4 is 0 Å². The monoisotopic (exact) mass is 281 g/mol. The summed E-state index contributed by atoms with van der Waals surface area (Å²) in [5.41, 5.74) is 0.0953. The fraction of sp³-hybridized carbons (Fsp3) is 0.583. The highest BCUT2D eigenvalue weighted by Gasteiger charge is 2.36. The van der Waals surface area contributed by atoms with Crippen LogP contribution in [-0.4, -0.2) is 28.3 Å². The third kappa shape index (κ3) is 3.22. The number of thiazole rings is 1. The zero-order chi connectivity index (χ0) is 14.0. The molecule has 0 unspecified atom stereocenters. The number of hydroxylamine groups is 2. The van der Waals surface area contributed by atoms with Crippen LogP contribution >= 0.6 is 11.3 Å². The number of hydrogen-bond acceptors (Lipinski definition) is 6. The average Bonchev–Trinajstić information content (AvgIpc) is 2.95. The Morgan fingerprint density at radius 1 is 1.68 bits per heavy atom. The molecule has 2 heterocycles. The number of nitrogens with zero attached hydrogens (tertiary/aromatic N) is 3. The van der Waals surface area contributed by atoms with E-state index in [1.165, 1.54) is 16.4 Å². The Labute approximate surface area is 115 Å². The van der Waals surface area contributed by atoms with Crippen LogP contribution in [0.1, 0.15) is 43.9 Å². The number of ether oxygens (including phenoxy) is 1. The number of carbonyl (C=O) groups is 1. The van der Waals surface area contributed by atoms with Gasteiger partial charge in [-0.25, -0.2) is 9.78 Å². The molecule has 0 N–H and O–H groups in total. The van der Waals surface area contributed by atoms with Crippen LogP contribution in [0.15, 0.2) is 5.38 Å². The zero-order valence-electron chi connectivity index (χ0n) is 11.0. The number of nitriles is 1. The number of rotatable bonds is 1. The van der Waals surface area contributed by atoms with E-state index >= 15 is 0 Å².